The first-order valence-electron chi connectivity index (χ1n) is 9.02. The second-order valence-corrected chi connectivity index (χ2v) is 7.17. The van der Waals surface area contributed by atoms with Gasteiger partial charge in [-0.3, -0.25) is 10.4 Å². The Morgan fingerprint density at radius 1 is 1.25 bits per heavy atom. The number of nitrogens with one attached hydrogen (secondary N) is 2. The van der Waals surface area contributed by atoms with E-state index in [9.17, 15) is 8.78 Å². The summed E-state index contributed by atoms with van der Waals surface area (Å²) in [7, 11) is 1.82. The van der Waals surface area contributed by atoms with E-state index in [1.54, 1.807) is 0 Å². The molecule has 0 radical (unpaired) electrons. The Kier molecular flexibility index (Phi) is 6.54. The van der Waals surface area contributed by atoms with Crippen molar-refractivity contribution in [3.8, 4) is 0 Å². The van der Waals surface area contributed by atoms with Gasteiger partial charge in [-0.15, -0.1) is 0 Å². The van der Waals surface area contributed by atoms with Gasteiger partial charge in [0.15, 0.2) is 0 Å². The lowest BCUT2D eigenvalue weighted by molar-refractivity contribution is 0.00970. The molecule has 5 nitrogen and oxygen atoms in total. The van der Waals surface area contributed by atoms with E-state index in [4.69, 9.17) is 0 Å². The molecule has 0 saturated carbocycles. The number of nitrogens with zero attached hydrogens (tertiary/aromatic N) is 3. The maximum Gasteiger partial charge on any atom is 0.245 e. The number of hydrogen-bond acceptors (Lipinski definition) is 2. The molecular weight excluding hydrogens is 312 g/mol. The lowest BCUT2D eigenvalue weighted by Crippen LogP contribution is -2.53. The van der Waals surface area contributed by atoms with Crippen LogP contribution in [0.15, 0.2) is 9.98 Å². The van der Waals surface area contributed by atoms with Crippen LogP contribution in [0.4, 0.5) is 8.78 Å². The van der Waals surface area contributed by atoms with E-state index in [-0.39, 0.29) is 12.5 Å². The zero-order valence-electron chi connectivity index (χ0n) is 15.3. The van der Waals surface area contributed by atoms with Crippen LogP contribution in [0.1, 0.15) is 65.7 Å². The van der Waals surface area contributed by atoms with Crippen LogP contribution in [0.25, 0.3) is 0 Å². The van der Waals surface area contributed by atoms with Gasteiger partial charge in [0.2, 0.25) is 11.9 Å². The van der Waals surface area contributed by atoms with Crippen LogP contribution in [0.3, 0.4) is 0 Å². The van der Waals surface area contributed by atoms with E-state index < -0.39 is 5.92 Å². The normalized spacial score (nSPS) is 26.7. The molecule has 2 fully saturated rings. The molecule has 0 aliphatic carbocycles. The highest BCUT2D eigenvalue weighted by molar-refractivity contribution is 5.95. The van der Waals surface area contributed by atoms with Crippen molar-refractivity contribution in [1.29, 1.82) is 0 Å². The Balaban J connectivity index is 2.05. The largest absolute Gasteiger partial charge is 0.336 e. The van der Waals surface area contributed by atoms with Gasteiger partial charge < -0.3 is 4.90 Å². The summed E-state index contributed by atoms with van der Waals surface area (Å²) in [5.74, 6) is -1.20. The van der Waals surface area contributed by atoms with Crippen molar-refractivity contribution in [3.05, 3.63) is 0 Å². The van der Waals surface area contributed by atoms with E-state index in [0.29, 0.717) is 24.3 Å². The van der Waals surface area contributed by atoms with Gasteiger partial charge in [-0.1, -0.05) is 0 Å². The fourth-order valence-corrected chi connectivity index (χ4v) is 3.75. The van der Waals surface area contributed by atoms with Crippen molar-refractivity contribution in [3.63, 3.8) is 0 Å². The van der Waals surface area contributed by atoms with Crippen molar-refractivity contribution in [2.75, 3.05) is 7.05 Å². The summed E-state index contributed by atoms with van der Waals surface area (Å²) >= 11 is 0. The average molecular weight is 343 g/mol. The molecule has 0 amide bonds. The lowest BCUT2D eigenvalue weighted by Gasteiger charge is -2.37. The lowest BCUT2D eigenvalue weighted by atomic mass is 10.0. The molecule has 138 valence electrons. The summed E-state index contributed by atoms with van der Waals surface area (Å²) < 4.78 is 25.9. The molecule has 2 N–H and O–H groups in total. The molecule has 0 spiro atoms. The maximum absolute atomic E-state index is 13.0. The van der Waals surface area contributed by atoms with Gasteiger partial charge in [0.25, 0.3) is 0 Å². The second kappa shape index (κ2) is 8.23. The molecular formula is C17H31F2N5. The van der Waals surface area contributed by atoms with Gasteiger partial charge in [-0.05, 0) is 59.3 Å². The number of fused-ring (bicyclic) bond motifs is 2. The molecule has 2 heterocycles. The third kappa shape index (κ3) is 5.40. The Bertz CT molecular complexity index is 456. The maximum atomic E-state index is 13.0. The monoisotopic (exact) mass is 343 g/mol. The molecule has 24 heavy (non-hydrogen) atoms. The van der Waals surface area contributed by atoms with Gasteiger partial charge in [0.05, 0.1) is 0 Å². The van der Waals surface area contributed by atoms with Crippen LogP contribution < -0.4 is 10.9 Å². The van der Waals surface area contributed by atoms with E-state index >= 15 is 0 Å². The highest BCUT2D eigenvalue weighted by Gasteiger charge is 2.38. The number of piperidine rings is 1. The van der Waals surface area contributed by atoms with Crippen LogP contribution in [0, 0.1) is 0 Å². The van der Waals surface area contributed by atoms with Crippen LogP contribution in [0.5, 0.6) is 0 Å². The molecule has 0 aromatic heterocycles. The number of halogens is 2. The van der Waals surface area contributed by atoms with Crippen LogP contribution >= 0.6 is 0 Å². The van der Waals surface area contributed by atoms with Crippen molar-refractivity contribution in [2.45, 2.75) is 89.8 Å². The van der Waals surface area contributed by atoms with E-state index in [2.05, 4.69) is 25.7 Å². The summed E-state index contributed by atoms with van der Waals surface area (Å²) in [6, 6.07) is 0.938. The number of guanidine groups is 1. The third-order valence-electron chi connectivity index (χ3n) is 4.85. The zero-order valence-corrected chi connectivity index (χ0v) is 15.3. The first-order chi connectivity index (χ1) is 11.3. The van der Waals surface area contributed by atoms with Gasteiger partial charge >= 0.3 is 0 Å². The Morgan fingerprint density at radius 2 is 1.88 bits per heavy atom. The quantitative estimate of drug-likeness (QED) is 0.457. The molecule has 3 atom stereocenters. The minimum Gasteiger partial charge on any atom is -0.336 e. The molecule has 2 bridgehead atoms. The number of alkyl halides is 2. The van der Waals surface area contributed by atoms with Crippen LogP contribution in [-0.2, 0) is 0 Å². The van der Waals surface area contributed by atoms with Gasteiger partial charge in [-0.25, -0.2) is 14.2 Å². The number of aliphatic imine (C=N–C) groups is 2. The Morgan fingerprint density at radius 3 is 2.42 bits per heavy atom. The standard InChI is InChI=1S/C17H31F2N5/c1-12(10-11-17(3,18)19)21-13(2)22-16(23-20-4)24-14-6-5-7-15(24)9-8-14/h12,14-15,20H,5-11H2,1-4H3,(H,21,22,23)/t12?,14-,15+. The topological polar surface area (TPSA) is 52.0 Å². The van der Waals surface area contributed by atoms with E-state index in [1.807, 2.05) is 20.9 Å². The van der Waals surface area contributed by atoms with E-state index in [0.717, 1.165) is 12.9 Å². The highest BCUT2D eigenvalue weighted by atomic mass is 19.3. The van der Waals surface area contributed by atoms with Gasteiger partial charge in [0.1, 0.15) is 5.84 Å². The Hall–Kier alpha value is -1.24. The predicted octanol–water partition coefficient (Wildman–Crippen LogP) is 3.33. The smallest absolute Gasteiger partial charge is 0.245 e. The summed E-state index contributed by atoms with van der Waals surface area (Å²) in [4.78, 5) is 11.5. The molecule has 2 aliphatic rings. The van der Waals surface area contributed by atoms with E-state index in [1.165, 1.54) is 32.1 Å². The minimum absolute atomic E-state index is 0.146. The summed E-state index contributed by atoms with van der Waals surface area (Å²) in [5, 5.41) is 0. The second-order valence-electron chi connectivity index (χ2n) is 7.17. The fourth-order valence-electron chi connectivity index (χ4n) is 3.75. The summed E-state index contributed by atoms with van der Waals surface area (Å²) in [6.45, 7) is 4.65. The van der Waals surface area contributed by atoms with Crippen molar-refractivity contribution in [2.24, 2.45) is 9.98 Å². The van der Waals surface area contributed by atoms with Gasteiger partial charge in [-0.2, -0.15) is 4.99 Å². The summed E-state index contributed by atoms with van der Waals surface area (Å²) in [6.07, 6.45) is 6.35. The number of hydrazine groups is 1. The first kappa shape index (κ1) is 19.1. The number of rotatable bonds is 5. The zero-order chi connectivity index (χ0) is 17.7. The van der Waals surface area contributed by atoms with Crippen molar-refractivity contribution >= 4 is 11.8 Å². The molecule has 0 aromatic rings. The SMILES string of the molecule is CNNC(=NC(C)=NC(C)CCC(C)(F)F)N1[C@@H]2CCC[C@H]1CC2. The van der Waals surface area contributed by atoms with Crippen molar-refractivity contribution < 1.29 is 8.78 Å². The van der Waals surface area contributed by atoms with Crippen LogP contribution in [-0.4, -0.2) is 47.8 Å². The molecule has 2 rings (SSSR count). The Labute approximate surface area is 144 Å². The molecule has 0 aromatic carbocycles. The number of hydrogen-bond donors (Lipinski definition) is 2. The molecule has 2 saturated heterocycles. The van der Waals surface area contributed by atoms with Crippen LogP contribution in [0.2, 0.25) is 0 Å². The number of amidine groups is 1. The molecule has 1 unspecified atom stereocenters. The fraction of sp³-hybridized carbons (Fsp3) is 0.882. The highest BCUT2D eigenvalue weighted by Crippen LogP contribution is 2.35. The molecule has 7 heteroatoms. The molecule has 2 aliphatic heterocycles. The first-order valence-corrected chi connectivity index (χ1v) is 9.02. The minimum atomic E-state index is -2.63. The average Bonchev–Trinajstić information content (AvgIpc) is 2.73. The predicted molar refractivity (Wildman–Crippen MR) is 94.6 cm³/mol. The van der Waals surface area contributed by atoms with Gasteiger partial charge in [0, 0.05) is 31.6 Å². The third-order valence-corrected chi connectivity index (χ3v) is 4.85. The summed E-state index contributed by atoms with van der Waals surface area (Å²) in [5.41, 5.74) is 6.10. The van der Waals surface area contributed by atoms with Crippen molar-refractivity contribution in [1.82, 2.24) is 15.8 Å².